The minimum atomic E-state index is -0.492. The molecule has 2 rings (SSSR count). The molecule has 2 aromatic carbocycles. The van der Waals surface area contributed by atoms with Gasteiger partial charge in [0.25, 0.3) is 5.91 Å². The molecule has 5 nitrogen and oxygen atoms in total. The number of benzene rings is 2. The van der Waals surface area contributed by atoms with Gasteiger partial charge in [-0.25, -0.2) is 5.43 Å². The van der Waals surface area contributed by atoms with Crippen molar-refractivity contribution in [1.82, 2.24) is 5.43 Å². The van der Waals surface area contributed by atoms with Crippen LogP contribution in [0.1, 0.15) is 15.9 Å². The van der Waals surface area contributed by atoms with Crippen molar-refractivity contribution in [3.63, 3.8) is 0 Å². The number of amides is 1. The van der Waals surface area contributed by atoms with Gasteiger partial charge in [0.2, 0.25) is 0 Å². The number of hydrazone groups is 1. The largest absolute Gasteiger partial charge is 0.508 e. The molecular weight excluding hydrogens is 244 g/mol. The number of carbonyl (C=O) groups is 1. The second-order valence-electron chi connectivity index (χ2n) is 3.81. The maximum Gasteiger partial charge on any atom is 0.275 e. The molecule has 1 amide bonds. The summed E-state index contributed by atoms with van der Waals surface area (Å²) in [7, 11) is 0. The fraction of sp³-hybridized carbons (Fsp3) is 0. The summed E-state index contributed by atoms with van der Waals surface area (Å²) in [5.74, 6) is -0.427. The first-order valence-electron chi connectivity index (χ1n) is 5.57. The van der Waals surface area contributed by atoms with Gasteiger partial charge in [-0.05, 0) is 42.0 Å². The predicted molar refractivity (Wildman–Crippen MR) is 71.3 cm³/mol. The van der Waals surface area contributed by atoms with Crippen LogP contribution in [0.2, 0.25) is 0 Å². The van der Waals surface area contributed by atoms with Gasteiger partial charge in [-0.2, -0.15) is 5.10 Å². The normalized spacial score (nSPS) is 10.5. The molecule has 0 spiro atoms. The fourth-order valence-electron chi connectivity index (χ4n) is 1.45. The van der Waals surface area contributed by atoms with Crippen molar-refractivity contribution < 1.29 is 15.0 Å². The summed E-state index contributed by atoms with van der Waals surface area (Å²) in [6, 6.07) is 12.6. The number of carbonyl (C=O) groups excluding carboxylic acids is 1. The van der Waals surface area contributed by atoms with Crippen LogP contribution in [0.25, 0.3) is 0 Å². The lowest BCUT2D eigenvalue weighted by Crippen LogP contribution is -2.17. The van der Waals surface area contributed by atoms with E-state index < -0.39 is 5.91 Å². The Morgan fingerprint density at radius 3 is 2.42 bits per heavy atom. The van der Waals surface area contributed by atoms with E-state index in [2.05, 4.69) is 10.5 Å². The summed E-state index contributed by atoms with van der Waals surface area (Å²) in [6.07, 6.45) is 1.44. The van der Waals surface area contributed by atoms with Crippen LogP contribution in [0.15, 0.2) is 53.6 Å². The molecule has 96 valence electrons. The number of rotatable bonds is 3. The SMILES string of the molecule is O=C(N/N=C/c1ccc(O)cc1)c1ccccc1O. The Morgan fingerprint density at radius 2 is 1.74 bits per heavy atom. The first kappa shape index (κ1) is 12.6. The molecule has 3 N–H and O–H groups in total. The summed E-state index contributed by atoms with van der Waals surface area (Å²) in [5.41, 5.74) is 3.20. The Hall–Kier alpha value is -2.82. The molecule has 0 unspecified atom stereocenters. The average molecular weight is 256 g/mol. The molecule has 0 heterocycles. The molecule has 0 aliphatic heterocycles. The van der Waals surface area contributed by atoms with Crippen molar-refractivity contribution in [3.05, 3.63) is 59.7 Å². The minimum absolute atomic E-state index is 0.0974. The van der Waals surface area contributed by atoms with Gasteiger partial charge in [0.1, 0.15) is 11.5 Å². The zero-order chi connectivity index (χ0) is 13.7. The number of aromatic hydroxyl groups is 2. The summed E-state index contributed by atoms with van der Waals surface area (Å²) in [5, 5.41) is 22.4. The molecule has 0 saturated heterocycles. The monoisotopic (exact) mass is 256 g/mol. The highest BCUT2D eigenvalue weighted by atomic mass is 16.3. The lowest BCUT2D eigenvalue weighted by atomic mass is 10.2. The maximum atomic E-state index is 11.7. The van der Waals surface area contributed by atoms with Gasteiger partial charge >= 0.3 is 0 Å². The van der Waals surface area contributed by atoms with Crippen LogP contribution >= 0.6 is 0 Å². The molecule has 2 aromatic rings. The summed E-state index contributed by atoms with van der Waals surface area (Å²) < 4.78 is 0. The average Bonchev–Trinajstić information content (AvgIpc) is 2.41. The van der Waals surface area contributed by atoms with Crippen molar-refractivity contribution in [2.75, 3.05) is 0 Å². The molecular formula is C14H12N2O3. The smallest absolute Gasteiger partial charge is 0.275 e. The van der Waals surface area contributed by atoms with Crippen LogP contribution in [-0.4, -0.2) is 22.3 Å². The zero-order valence-corrected chi connectivity index (χ0v) is 9.95. The topological polar surface area (TPSA) is 81.9 Å². The lowest BCUT2D eigenvalue weighted by Gasteiger charge is -2.01. The highest BCUT2D eigenvalue weighted by Crippen LogP contribution is 2.14. The zero-order valence-electron chi connectivity index (χ0n) is 9.95. The van der Waals surface area contributed by atoms with Gasteiger partial charge in [-0.3, -0.25) is 4.79 Å². The van der Waals surface area contributed by atoms with Crippen molar-refractivity contribution in [3.8, 4) is 11.5 Å². The van der Waals surface area contributed by atoms with Crippen molar-refractivity contribution in [1.29, 1.82) is 0 Å². The van der Waals surface area contributed by atoms with Crippen LogP contribution in [-0.2, 0) is 0 Å². The van der Waals surface area contributed by atoms with E-state index in [1.165, 1.54) is 30.5 Å². The quantitative estimate of drug-likeness (QED) is 0.579. The van der Waals surface area contributed by atoms with E-state index in [1.54, 1.807) is 24.3 Å². The lowest BCUT2D eigenvalue weighted by molar-refractivity contribution is 0.0952. The van der Waals surface area contributed by atoms with E-state index in [4.69, 9.17) is 5.11 Å². The standard InChI is InChI=1S/C14H12N2O3/c17-11-7-5-10(6-8-11)9-15-16-14(19)12-3-1-2-4-13(12)18/h1-9,17-18H,(H,16,19)/b15-9+. The van der Waals surface area contributed by atoms with Crippen molar-refractivity contribution in [2.24, 2.45) is 5.10 Å². The van der Waals surface area contributed by atoms with Crippen molar-refractivity contribution in [2.45, 2.75) is 0 Å². The number of hydrogen-bond acceptors (Lipinski definition) is 4. The van der Waals surface area contributed by atoms with E-state index in [-0.39, 0.29) is 17.1 Å². The number of para-hydroxylation sites is 1. The Bertz CT molecular complexity index is 606. The second kappa shape index (κ2) is 5.68. The molecule has 0 bridgehead atoms. The van der Waals surface area contributed by atoms with Crippen LogP contribution in [0.4, 0.5) is 0 Å². The first-order chi connectivity index (χ1) is 9.16. The molecule has 5 heteroatoms. The Balaban J connectivity index is 2.01. The number of nitrogens with one attached hydrogen (secondary N) is 1. The Kier molecular flexibility index (Phi) is 3.78. The Labute approximate surface area is 109 Å². The van der Waals surface area contributed by atoms with Gasteiger partial charge in [0.05, 0.1) is 11.8 Å². The molecule has 0 radical (unpaired) electrons. The third-order valence-electron chi connectivity index (χ3n) is 2.42. The fourth-order valence-corrected chi connectivity index (χ4v) is 1.45. The van der Waals surface area contributed by atoms with Crippen LogP contribution < -0.4 is 5.43 Å². The number of nitrogens with zero attached hydrogens (tertiary/aromatic N) is 1. The third-order valence-corrected chi connectivity index (χ3v) is 2.42. The molecule has 0 aliphatic rings. The number of phenols is 2. The molecule has 19 heavy (non-hydrogen) atoms. The number of hydrogen-bond donors (Lipinski definition) is 3. The van der Waals surface area contributed by atoms with Crippen LogP contribution in [0.5, 0.6) is 11.5 Å². The highest BCUT2D eigenvalue weighted by Gasteiger charge is 2.08. The molecule has 0 aromatic heterocycles. The van der Waals surface area contributed by atoms with Crippen molar-refractivity contribution >= 4 is 12.1 Å². The molecule has 0 atom stereocenters. The molecule has 0 fully saturated rings. The van der Waals surface area contributed by atoms with E-state index in [0.717, 1.165) is 5.56 Å². The van der Waals surface area contributed by atoms with Gasteiger partial charge in [-0.15, -0.1) is 0 Å². The van der Waals surface area contributed by atoms with Gasteiger partial charge in [-0.1, -0.05) is 12.1 Å². The van der Waals surface area contributed by atoms with Crippen LogP contribution in [0, 0.1) is 0 Å². The van der Waals surface area contributed by atoms with Gasteiger partial charge < -0.3 is 10.2 Å². The van der Waals surface area contributed by atoms with Crippen LogP contribution in [0.3, 0.4) is 0 Å². The van der Waals surface area contributed by atoms with E-state index in [0.29, 0.717) is 0 Å². The molecule has 0 saturated carbocycles. The summed E-state index contributed by atoms with van der Waals surface area (Å²) in [4.78, 5) is 11.7. The second-order valence-corrected chi connectivity index (χ2v) is 3.81. The van der Waals surface area contributed by atoms with Gasteiger partial charge in [0, 0.05) is 0 Å². The van der Waals surface area contributed by atoms with E-state index >= 15 is 0 Å². The molecule has 0 aliphatic carbocycles. The number of phenolic OH excluding ortho intramolecular Hbond substituents is 2. The highest BCUT2D eigenvalue weighted by molar-refractivity contribution is 5.97. The third kappa shape index (κ3) is 3.32. The predicted octanol–water partition coefficient (Wildman–Crippen LogP) is 1.86. The first-order valence-corrected chi connectivity index (χ1v) is 5.57. The minimum Gasteiger partial charge on any atom is -0.508 e. The van der Waals surface area contributed by atoms with Gasteiger partial charge in [0.15, 0.2) is 0 Å². The van der Waals surface area contributed by atoms with E-state index in [9.17, 15) is 9.90 Å². The maximum absolute atomic E-state index is 11.7. The Morgan fingerprint density at radius 1 is 1.05 bits per heavy atom. The summed E-state index contributed by atoms with van der Waals surface area (Å²) >= 11 is 0. The van der Waals surface area contributed by atoms with E-state index in [1.807, 2.05) is 0 Å². The summed E-state index contributed by atoms with van der Waals surface area (Å²) in [6.45, 7) is 0.